The van der Waals surface area contributed by atoms with Gasteiger partial charge in [-0.1, -0.05) is 12.1 Å². The summed E-state index contributed by atoms with van der Waals surface area (Å²) in [6, 6.07) is 9.74. The van der Waals surface area contributed by atoms with Crippen LogP contribution in [0.3, 0.4) is 0 Å². The summed E-state index contributed by atoms with van der Waals surface area (Å²) in [4.78, 5) is 3.96. The molecule has 0 fully saturated rings. The minimum Gasteiger partial charge on any atom is -0.228 e. The number of hydrogen-bond acceptors (Lipinski definition) is 4. The van der Waals surface area contributed by atoms with Gasteiger partial charge >= 0.3 is 0 Å². The minimum atomic E-state index is -3.20. The van der Waals surface area contributed by atoms with Gasteiger partial charge in [0.15, 0.2) is 9.84 Å². The molecule has 3 nitrogen and oxygen atoms in total. The SMILES string of the molecule is CS(=O)(=O)c1ccc(-c2cscc2-c2ccc(F)nc2)cc1. The summed E-state index contributed by atoms with van der Waals surface area (Å²) in [6.45, 7) is 0. The topological polar surface area (TPSA) is 47.0 Å². The molecule has 22 heavy (non-hydrogen) atoms. The van der Waals surface area contributed by atoms with Crippen molar-refractivity contribution in [2.24, 2.45) is 0 Å². The first-order valence-corrected chi connectivity index (χ1v) is 9.27. The lowest BCUT2D eigenvalue weighted by molar-refractivity contribution is 0.584. The van der Waals surface area contributed by atoms with Crippen molar-refractivity contribution >= 4 is 21.2 Å². The molecule has 0 atom stereocenters. The van der Waals surface area contributed by atoms with Crippen molar-refractivity contribution in [1.82, 2.24) is 4.98 Å². The van der Waals surface area contributed by atoms with E-state index < -0.39 is 15.8 Å². The third-order valence-electron chi connectivity index (χ3n) is 3.29. The van der Waals surface area contributed by atoms with Gasteiger partial charge in [-0.15, -0.1) is 0 Å². The van der Waals surface area contributed by atoms with E-state index in [1.54, 1.807) is 30.3 Å². The molecule has 0 radical (unpaired) electrons. The Morgan fingerprint density at radius 2 is 1.55 bits per heavy atom. The largest absolute Gasteiger partial charge is 0.228 e. The Hall–Kier alpha value is -2.05. The van der Waals surface area contributed by atoms with Crippen molar-refractivity contribution < 1.29 is 12.8 Å². The van der Waals surface area contributed by atoms with Gasteiger partial charge in [-0.25, -0.2) is 13.4 Å². The summed E-state index contributed by atoms with van der Waals surface area (Å²) >= 11 is 1.53. The minimum absolute atomic E-state index is 0.288. The molecule has 2 heterocycles. The fourth-order valence-corrected chi connectivity index (χ4v) is 3.66. The smallest absolute Gasteiger partial charge is 0.212 e. The molecule has 0 aliphatic carbocycles. The van der Waals surface area contributed by atoms with Crippen molar-refractivity contribution in [1.29, 1.82) is 0 Å². The van der Waals surface area contributed by atoms with Crippen LogP contribution in [0.2, 0.25) is 0 Å². The van der Waals surface area contributed by atoms with Crippen molar-refractivity contribution in [3.8, 4) is 22.3 Å². The molecule has 112 valence electrons. The predicted octanol–water partition coefficient (Wildman–Crippen LogP) is 4.02. The van der Waals surface area contributed by atoms with E-state index in [-0.39, 0.29) is 4.90 Å². The number of rotatable bonds is 3. The first-order chi connectivity index (χ1) is 10.4. The van der Waals surface area contributed by atoms with E-state index >= 15 is 0 Å². The second-order valence-electron chi connectivity index (χ2n) is 4.87. The zero-order chi connectivity index (χ0) is 15.7. The Bertz CT molecular complexity index is 898. The quantitative estimate of drug-likeness (QED) is 0.680. The Labute approximate surface area is 132 Å². The second kappa shape index (κ2) is 5.62. The van der Waals surface area contributed by atoms with Crippen LogP contribution in [0, 0.1) is 5.95 Å². The summed E-state index contributed by atoms with van der Waals surface area (Å²) in [5.74, 6) is -0.516. The second-order valence-corrected chi connectivity index (χ2v) is 7.62. The van der Waals surface area contributed by atoms with Crippen LogP contribution in [-0.4, -0.2) is 19.7 Å². The Morgan fingerprint density at radius 3 is 2.09 bits per heavy atom. The highest BCUT2D eigenvalue weighted by Crippen LogP contribution is 2.35. The van der Waals surface area contributed by atoms with Crippen LogP contribution in [0.4, 0.5) is 4.39 Å². The molecular formula is C16H12FNO2S2. The molecule has 0 unspecified atom stereocenters. The lowest BCUT2D eigenvalue weighted by atomic mass is 10.0. The van der Waals surface area contributed by atoms with Gasteiger partial charge in [-0.05, 0) is 40.6 Å². The number of halogens is 1. The highest BCUT2D eigenvalue weighted by atomic mass is 32.2. The summed E-state index contributed by atoms with van der Waals surface area (Å²) in [6.07, 6.45) is 2.67. The highest BCUT2D eigenvalue weighted by Gasteiger charge is 2.11. The van der Waals surface area contributed by atoms with Crippen molar-refractivity contribution in [2.45, 2.75) is 4.90 Å². The van der Waals surface area contributed by atoms with E-state index in [2.05, 4.69) is 4.98 Å². The van der Waals surface area contributed by atoms with E-state index in [1.165, 1.54) is 29.9 Å². The Kier molecular flexibility index (Phi) is 3.80. The number of pyridine rings is 1. The van der Waals surface area contributed by atoms with Gasteiger partial charge in [0.2, 0.25) is 5.95 Å². The van der Waals surface area contributed by atoms with E-state index in [0.717, 1.165) is 22.3 Å². The van der Waals surface area contributed by atoms with Gasteiger partial charge in [-0.2, -0.15) is 15.7 Å². The number of thiophene rings is 1. The number of hydrogen-bond donors (Lipinski definition) is 0. The maximum absolute atomic E-state index is 12.9. The molecule has 1 aromatic carbocycles. The lowest BCUT2D eigenvalue weighted by Gasteiger charge is -2.06. The third-order valence-corrected chi connectivity index (χ3v) is 5.17. The van der Waals surface area contributed by atoms with Crippen molar-refractivity contribution in [2.75, 3.05) is 6.26 Å². The maximum atomic E-state index is 12.9. The van der Waals surface area contributed by atoms with Crippen LogP contribution in [0.15, 0.2) is 58.3 Å². The Morgan fingerprint density at radius 1 is 0.955 bits per heavy atom. The zero-order valence-corrected chi connectivity index (χ0v) is 13.3. The predicted molar refractivity (Wildman–Crippen MR) is 86.1 cm³/mol. The molecule has 0 saturated carbocycles. The van der Waals surface area contributed by atoms with Gasteiger partial charge in [0, 0.05) is 29.1 Å². The summed E-state index contributed by atoms with van der Waals surface area (Å²) < 4.78 is 36.0. The molecule has 0 spiro atoms. The van der Waals surface area contributed by atoms with Gasteiger partial charge < -0.3 is 0 Å². The molecule has 6 heteroatoms. The van der Waals surface area contributed by atoms with Gasteiger partial charge in [-0.3, -0.25) is 0 Å². The molecule has 0 saturated heterocycles. The van der Waals surface area contributed by atoms with E-state index in [1.807, 2.05) is 10.8 Å². The first-order valence-electron chi connectivity index (χ1n) is 6.44. The zero-order valence-electron chi connectivity index (χ0n) is 11.7. The molecular weight excluding hydrogens is 321 g/mol. The van der Waals surface area contributed by atoms with Crippen LogP contribution in [0.1, 0.15) is 0 Å². The van der Waals surface area contributed by atoms with Crippen LogP contribution < -0.4 is 0 Å². The monoisotopic (exact) mass is 333 g/mol. The van der Waals surface area contributed by atoms with Gasteiger partial charge in [0.1, 0.15) is 0 Å². The normalized spacial score (nSPS) is 11.5. The van der Waals surface area contributed by atoms with Crippen LogP contribution in [-0.2, 0) is 9.84 Å². The molecule has 0 N–H and O–H groups in total. The number of aromatic nitrogens is 1. The molecule has 3 aromatic rings. The number of benzene rings is 1. The average molecular weight is 333 g/mol. The van der Waals surface area contributed by atoms with Crippen LogP contribution in [0.5, 0.6) is 0 Å². The summed E-state index contributed by atoms with van der Waals surface area (Å²) in [5.41, 5.74) is 3.65. The number of sulfone groups is 1. The molecule has 2 aromatic heterocycles. The first kappa shape index (κ1) is 14.9. The van der Waals surface area contributed by atoms with Crippen LogP contribution in [0.25, 0.3) is 22.3 Å². The fraction of sp³-hybridized carbons (Fsp3) is 0.0625. The lowest BCUT2D eigenvalue weighted by Crippen LogP contribution is -1.96. The fourth-order valence-electron chi connectivity index (χ4n) is 2.16. The molecule has 0 aliphatic rings. The third kappa shape index (κ3) is 2.93. The van der Waals surface area contributed by atoms with E-state index in [0.29, 0.717) is 0 Å². The molecule has 0 bridgehead atoms. The van der Waals surface area contributed by atoms with Crippen LogP contribution >= 0.6 is 11.3 Å². The summed E-state index contributed by atoms with van der Waals surface area (Å²) in [5, 5.41) is 3.95. The Balaban J connectivity index is 2.03. The standard InChI is InChI=1S/C16H12FNO2S2/c1-22(19,20)13-5-2-11(3-6-13)14-9-21-10-15(14)12-4-7-16(17)18-8-12/h2-10H,1H3. The maximum Gasteiger partial charge on any atom is 0.212 e. The van der Waals surface area contributed by atoms with E-state index in [4.69, 9.17) is 0 Å². The van der Waals surface area contributed by atoms with E-state index in [9.17, 15) is 12.8 Å². The highest BCUT2D eigenvalue weighted by molar-refractivity contribution is 7.90. The molecule has 3 rings (SSSR count). The van der Waals surface area contributed by atoms with Gasteiger partial charge in [0.25, 0.3) is 0 Å². The van der Waals surface area contributed by atoms with Crippen molar-refractivity contribution in [3.63, 3.8) is 0 Å². The number of nitrogens with zero attached hydrogens (tertiary/aromatic N) is 1. The van der Waals surface area contributed by atoms with Crippen molar-refractivity contribution in [3.05, 3.63) is 59.3 Å². The summed E-state index contributed by atoms with van der Waals surface area (Å²) in [7, 11) is -3.20. The molecule has 0 aliphatic heterocycles. The molecule has 0 amide bonds. The average Bonchev–Trinajstić information content (AvgIpc) is 2.97. The van der Waals surface area contributed by atoms with Gasteiger partial charge in [0.05, 0.1) is 4.90 Å².